The van der Waals surface area contributed by atoms with Gasteiger partial charge in [0.2, 0.25) is 0 Å². The summed E-state index contributed by atoms with van der Waals surface area (Å²) in [7, 11) is 1.58. The van der Waals surface area contributed by atoms with E-state index in [1.807, 2.05) is 12.1 Å². The molecule has 0 saturated carbocycles. The van der Waals surface area contributed by atoms with Crippen LogP contribution < -0.4 is 4.74 Å². The SMILES string of the molecule is CCOC(=O)C1CN(C(=O)O)CC1c1ccc(OC)cc1. The van der Waals surface area contributed by atoms with E-state index in [9.17, 15) is 9.59 Å². The molecule has 2 rings (SSSR count). The molecule has 1 saturated heterocycles. The van der Waals surface area contributed by atoms with Crippen molar-refractivity contribution in [1.82, 2.24) is 4.90 Å². The predicted octanol–water partition coefficient (Wildman–Crippen LogP) is 1.95. The Balaban J connectivity index is 2.23. The molecular weight excluding hydrogens is 274 g/mol. The highest BCUT2D eigenvalue weighted by molar-refractivity contribution is 5.76. The second-order valence-electron chi connectivity index (χ2n) is 4.93. The van der Waals surface area contributed by atoms with Gasteiger partial charge in [-0.3, -0.25) is 4.79 Å². The van der Waals surface area contributed by atoms with Crippen molar-refractivity contribution in [2.45, 2.75) is 12.8 Å². The predicted molar refractivity (Wildman–Crippen MR) is 75.5 cm³/mol. The fraction of sp³-hybridized carbons (Fsp3) is 0.467. The fourth-order valence-electron chi connectivity index (χ4n) is 2.64. The first-order valence-electron chi connectivity index (χ1n) is 6.85. The van der Waals surface area contributed by atoms with Crippen LogP contribution in [-0.2, 0) is 9.53 Å². The van der Waals surface area contributed by atoms with Gasteiger partial charge in [-0.2, -0.15) is 0 Å². The van der Waals surface area contributed by atoms with Gasteiger partial charge in [0.25, 0.3) is 0 Å². The summed E-state index contributed by atoms with van der Waals surface area (Å²) in [6.07, 6.45) is -1.01. The largest absolute Gasteiger partial charge is 0.497 e. The van der Waals surface area contributed by atoms with Crippen LogP contribution in [0.15, 0.2) is 24.3 Å². The third-order valence-corrected chi connectivity index (χ3v) is 3.72. The van der Waals surface area contributed by atoms with Gasteiger partial charge in [-0.15, -0.1) is 0 Å². The number of carbonyl (C=O) groups is 2. The van der Waals surface area contributed by atoms with Crippen LogP contribution in [0.5, 0.6) is 5.75 Å². The van der Waals surface area contributed by atoms with Crippen LogP contribution in [0.3, 0.4) is 0 Å². The Morgan fingerprint density at radius 3 is 2.48 bits per heavy atom. The summed E-state index contributed by atoms with van der Waals surface area (Å²) in [5.74, 6) is -0.276. The average molecular weight is 293 g/mol. The van der Waals surface area contributed by atoms with Crippen LogP contribution in [-0.4, -0.2) is 48.9 Å². The van der Waals surface area contributed by atoms with Crippen molar-refractivity contribution in [3.8, 4) is 5.75 Å². The Labute approximate surface area is 123 Å². The number of hydrogen-bond donors (Lipinski definition) is 1. The molecule has 21 heavy (non-hydrogen) atoms. The second-order valence-corrected chi connectivity index (χ2v) is 4.93. The number of benzene rings is 1. The molecule has 6 heteroatoms. The van der Waals surface area contributed by atoms with Crippen molar-refractivity contribution in [2.24, 2.45) is 5.92 Å². The number of amides is 1. The number of rotatable bonds is 4. The van der Waals surface area contributed by atoms with Gasteiger partial charge >= 0.3 is 12.1 Å². The summed E-state index contributed by atoms with van der Waals surface area (Å²) in [5.41, 5.74) is 0.914. The van der Waals surface area contributed by atoms with Gasteiger partial charge in [0.15, 0.2) is 0 Å². The van der Waals surface area contributed by atoms with Crippen molar-refractivity contribution < 1.29 is 24.2 Å². The highest BCUT2D eigenvalue weighted by Gasteiger charge is 2.41. The molecule has 0 aliphatic carbocycles. The lowest BCUT2D eigenvalue weighted by Crippen LogP contribution is -2.28. The molecule has 1 amide bonds. The number of carbonyl (C=O) groups excluding carboxylic acids is 1. The van der Waals surface area contributed by atoms with Gasteiger partial charge in [-0.1, -0.05) is 12.1 Å². The van der Waals surface area contributed by atoms with Crippen LogP contribution in [0.4, 0.5) is 4.79 Å². The average Bonchev–Trinajstić information content (AvgIpc) is 2.93. The number of carboxylic acid groups (broad SMARTS) is 1. The third kappa shape index (κ3) is 3.26. The normalized spacial score (nSPS) is 21.1. The minimum absolute atomic E-state index is 0.171. The Bertz CT molecular complexity index is 513. The Hall–Kier alpha value is -2.24. The Morgan fingerprint density at radius 2 is 1.95 bits per heavy atom. The zero-order chi connectivity index (χ0) is 15.4. The minimum Gasteiger partial charge on any atom is -0.497 e. The van der Waals surface area contributed by atoms with E-state index in [4.69, 9.17) is 14.6 Å². The van der Waals surface area contributed by atoms with Crippen molar-refractivity contribution in [2.75, 3.05) is 26.8 Å². The summed E-state index contributed by atoms with van der Waals surface area (Å²) < 4.78 is 10.2. The van der Waals surface area contributed by atoms with E-state index in [2.05, 4.69) is 0 Å². The van der Waals surface area contributed by atoms with Crippen LogP contribution >= 0.6 is 0 Å². The number of methoxy groups -OCH3 is 1. The fourth-order valence-corrected chi connectivity index (χ4v) is 2.64. The highest BCUT2D eigenvalue weighted by Crippen LogP contribution is 2.34. The second kappa shape index (κ2) is 6.47. The van der Waals surface area contributed by atoms with E-state index < -0.39 is 12.0 Å². The van der Waals surface area contributed by atoms with E-state index in [0.29, 0.717) is 6.54 Å². The molecule has 0 radical (unpaired) electrons. The molecule has 1 heterocycles. The Morgan fingerprint density at radius 1 is 1.29 bits per heavy atom. The summed E-state index contributed by atoms with van der Waals surface area (Å²) in [6, 6.07) is 7.34. The van der Waals surface area contributed by atoms with Crippen molar-refractivity contribution >= 4 is 12.1 Å². The first-order chi connectivity index (χ1) is 10.1. The molecule has 1 aliphatic rings. The number of ether oxygens (including phenoxy) is 2. The van der Waals surface area contributed by atoms with Gasteiger partial charge in [-0.05, 0) is 24.6 Å². The van der Waals surface area contributed by atoms with Gasteiger partial charge in [0.05, 0.1) is 19.6 Å². The standard InChI is InChI=1S/C15H19NO5/c1-3-21-14(17)13-9-16(15(18)19)8-12(13)10-4-6-11(20-2)7-5-10/h4-7,12-13H,3,8-9H2,1-2H3,(H,18,19). The lowest BCUT2D eigenvalue weighted by Gasteiger charge is -2.17. The van der Waals surface area contributed by atoms with E-state index >= 15 is 0 Å². The number of likely N-dealkylation sites (tertiary alicyclic amines) is 1. The molecular formula is C15H19NO5. The van der Waals surface area contributed by atoms with Crippen LogP contribution in [0, 0.1) is 5.92 Å². The lowest BCUT2D eigenvalue weighted by atomic mass is 9.89. The molecule has 0 spiro atoms. The highest BCUT2D eigenvalue weighted by atomic mass is 16.5. The van der Waals surface area contributed by atoms with Gasteiger partial charge < -0.3 is 19.5 Å². The quantitative estimate of drug-likeness (QED) is 0.859. The molecule has 1 aliphatic heterocycles. The van der Waals surface area contributed by atoms with E-state index in [1.54, 1.807) is 26.2 Å². The summed E-state index contributed by atoms with van der Waals surface area (Å²) in [5, 5.41) is 9.14. The van der Waals surface area contributed by atoms with Crippen LogP contribution in [0.25, 0.3) is 0 Å². The van der Waals surface area contributed by atoms with Gasteiger partial charge in [0, 0.05) is 19.0 Å². The lowest BCUT2D eigenvalue weighted by molar-refractivity contribution is -0.147. The summed E-state index contributed by atoms with van der Waals surface area (Å²) >= 11 is 0. The molecule has 1 aromatic carbocycles. The van der Waals surface area contributed by atoms with Crippen LogP contribution in [0.1, 0.15) is 18.4 Å². The van der Waals surface area contributed by atoms with E-state index in [1.165, 1.54) is 4.90 Å². The van der Waals surface area contributed by atoms with Crippen LogP contribution in [0.2, 0.25) is 0 Å². The molecule has 1 fully saturated rings. The van der Waals surface area contributed by atoms with Crippen molar-refractivity contribution in [3.05, 3.63) is 29.8 Å². The topological polar surface area (TPSA) is 76.1 Å². The summed E-state index contributed by atoms with van der Waals surface area (Å²) in [6.45, 7) is 2.50. The molecule has 1 N–H and O–H groups in total. The first kappa shape index (κ1) is 15.2. The molecule has 6 nitrogen and oxygen atoms in total. The zero-order valence-corrected chi connectivity index (χ0v) is 12.1. The molecule has 2 unspecified atom stereocenters. The smallest absolute Gasteiger partial charge is 0.407 e. The maximum absolute atomic E-state index is 12.1. The number of nitrogens with zero attached hydrogens (tertiary/aromatic N) is 1. The van der Waals surface area contributed by atoms with E-state index in [0.717, 1.165) is 11.3 Å². The molecule has 0 aromatic heterocycles. The van der Waals surface area contributed by atoms with Gasteiger partial charge in [0.1, 0.15) is 5.75 Å². The number of esters is 1. The first-order valence-corrected chi connectivity index (χ1v) is 6.85. The third-order valence-electron chi connectivity index (χ3n) is 3.72. The maximum atomic E-state index is 12.1. The minimum atomic E-state index is -1.01. The molecule has 0 bridgehead atoms. The molecule has 2 atom stereocenters. The monoisotopic (exact) mass is 293 g/mol. The van der Waals surface area contributed by atoms with E-state index in [-0.39, 0.29) is 25.0 Å². The van der Waals surface area contributed by atoms with Gasteiger partial charge in [-0.25, -0.2) is 4.79 Å². The van der Waals surface area contributed by atoms with Crippen molar-refractivity contribution in [3.63, 3.8) is 0 Å². The number of hydrogen-bond acceptors (Lipinski definition) is 4. The molecule has 1 aromatic rings. The molecule has 114 valence electrons. The van der Waals surface area contributed by atoms with Crippen molar-refractivity contribution in [1.29, 1.82) is 0 Å². The maximum Gasteiger partial charge on any atom is 0.407 e. The zero-order valence-electron chi connectivity index (χ0n) is 12.1. The Kier molecular flexibility index (Phi) is 4.67. The summed E-state index contributed by atoms with van der Waals surface area (Å²) in [4.78, 5) is 24.5.